The minimum atomic E-state index is 0.0620. The first-order chi connectivity index (χ1) is 10.3. The fourth-order valence-corrected chi connectivity index (χ4v) is 1.84. The molecule has 0 fully saturated rings. The van der Waals surface area contributed by atoms with Gasteiger partial charge in [0.25, 0.3) is 0 Å². The number of carbonyl (C=O) groups excluding carboxylic acids is 1. The maximum atomic E-state index is 11.5. The third-order valence-electron chi connectivity index (χ3n) is 2.92. The molecule has 0 bridgehead atoms. The van der Waals surface area contributed by atoms with Gasteiger partial charge in [-0.05, 0) is 29.0 Å². The van der Waals surface area contributed by atoms with Crippen molar-refractivity contribution in [3.8, 4) is 5.69 Å². The quantitative estimate of drug-likeness (QED) is 0.697. The number of aromatic nitrogens is 4. The van der Waals surface area contributed by atoms with Crippen molar-refractivity contribution in [1.82, 2.24) is 30.8 Å². The summed E-state index contributed by atoms with van der Waals surface area (Å²) in [4.78, 5) is 11.5. The number of rotatable bonds is 8. The van der Waals surface area contributed by atoms with E-state index in [2.05, 4.69) is 26.2 Å². The number of hydrogen-bond donors (Lipinski definition) is 2. The second-order valence-corrected chi connectivity index (χ2v) is 4.62. The maximum absolute atomic E-state index is 11.5. The van der Waals surface area contributed by atoms with Gasteiger partial charge in [0, 0.05) is 19.5 Å². The fraction of sp³-hybridized carbons (Fsp3) is 0.429. The normalized spacial score (nSPS) is 10.5. The highest BCUT2D eigenvalue weighted by molar-refractivity contribution is 5.75. The Bertz CT molecular complexity index is 554. The third-order valence-corrected chi connectivity index (χ3v) is 2.92. The van der Waals surface area contributed by atoms with Crippen molar-refractivity contribution in [2.24, 2.45) is 0 Å². The summed E-state index contributed by atoms with van der Waals surface area (Å²) in [5, 5.41) is 17.7. The monoisotopic (exact) mass is 288 g/mol. The van der Waals surface area contributed by atoms with E-state index in [1.807, 2.05) is 37.3 Å². The van der Waals surface area contributed by atoms with Crippen LogP contribution in [0.5, 0.6) is 0 Å². The second kappa shape index (κ2) is 8.11. The van der Waals surface area contributed by atoms with Gasteiger partial charge in [-0.15, -0.1) is 5.10 Å². The van der Waals surface area contributed by atoms with Crippen molar-refractivity contribution in [3.05, 3.63) is 36.2 Å². The average Bonchev–Trinajstić information content (AvgIpc) is 2.99. The van der Waals surface area contributed by atoms with E-state index >= 15 is 0 Å². The van der Waals surface area contributed by atoms with Crippen molar-refractivity contribution in [2.45, 2.75) is 26.3 Å². The van der Waals surface area contributed by atoms with Gasteiger partial charge < -0.3 is 10.6 Å². The lowest BCUT2D eigenvalue weighted by atomic mass is 10.3. The van der Waals surface area contributed by atoms with Crippen LogP contribution in [0.3, 0.4) is 0 Å². The van der Waals surface area contributed by atoms with E-state index in [0.29, 0.717) is 19.5 Å². The summed E-state index contributed by atoms with van der Waals surface area (Å²) in [6, 6.07) is 9.70. The summed E-state index contributed by atoms with van der Waals surface area (Å²) in [5.41, 5.74) is 0.917. The molecule has 2 N–H and O–H groups in total. The predicted molar refractivity (Wildman–Crippen MR) is 78.8 cm³/mol. The van der Waals surface area contributed by atoms with Crippen molar-refractivity contribution >= 4 is 5.91 Å². The smallest absolute Gasteiger partial charge is 0.221 e. The molecule has 7 nitrogen and oxygen atoms in total. The molecule has 2 aromatic rings. The predicted octanol–water partition coefficient (Wildman–Crippen LogP) is 0.668. The first-order valence-corrected chi connectivity index (χ1v) is 7.11. The van der Waals surface area contributed by atoms with Crippen LogP contribution in [0.1, 0.15) is 25.6 Å². The molecular formula is C14H20N6O. The molecule has 1 heterocycles. The second-order valence-electron chi connectivity index (χ2n) is 4.62. The van der Waals surface area contributed by atoms with Gasteiger partial charge in [0.2, 0.25) is 5.91 Å². The molecule has 0 radical (unpaired) electrons. The molecule has 1 aromatic carbocycles. The minimum absolute atomic E-state index is 0.0620. The zero-order chi connectivity index (χ0) is 14.9. The lowest BCUT2D eigenvalue weighted by molar-refractivity contribution is -0.120. The van der Waals surface area contributed by atoms with Crippen LogP contribution in [0.15, 0.2) is 30.3 Å². The molecule has 0 aliphatic rings. The molecule has 0 saturated carbocycles. The van der Waals surface area contributed by atoms with Crippen molar-refractivity contribution in [2.75, 3.05) is 13.1 Å². The highest BCUT2D eigenvalue weighted by Crippen LogP contribution is 2.06. The number of nitrogens with one attached hydrogen (secondary N) is 2. The Morgan fingerprint density at radius 3 is 2.81 bits per heavy atom. The SMILES string of the molecule is CCCNC(=O)CCNCc1nnnn1-c1ccccc1. The van der Waals surface area contributed by atoms with Crippen molar-refractivity contribution in [1.29, 1.82) is 0 Å². The molecular weight excluding hydrogens is 268 g/mol. The fourth-order valence-electron chi connectivity index (χ4n) is 1.84. The molecule has 0 aliphatic carbocycles. The Labute approximate surface area is 123 Å². The molecule has 0 atom stereocenters. The van der Waals surface area contributed by atoms with E-state index in [1.54, 1.807) is 4.68 Å². The summed E-state index contributed by atoms with van der Waals surface area (Å²) >= 11 is 0. The molecule has 0 spiro atoms. The van der Waals surface area contributed by atoms with E-state index < -0.39 is 0 Å². The van der Waals surface area contributed by atoms with E-state index in [9.17, 15) is 4.79 Å². The topological polar surface area (TPSA) is 84.7 Å². The first kappa shape index (κ1) is 15.1. The lowest BCUT2D eigenvalue weighted by Crippen LogP contribution is -2.28. The Hall–Kier alpha value is -2.28. The summed E-state index contributed by atoms with van der Waals surface area (Å²) in [7, 11) is 0. The zero-order valence-corrected chi connectivity index (χ0v) is 12.1. The van der Waals surface area contributed by atoms with Crippen molar-refractivity contribution in [3.63, 3.8) is 0 Å². The summed E-state index contributed by atoms with van der Waals surface area (Å²) < 4.78 is 1.68. The third kappa shape index (κ3) is 4.64. The maximum Gasteiger partial charge on any atom is 0.221 e. The Morgan fingerprint density at radius 2 is 2.05 bits per heavy atom. The van der Waals surface area contributed by atoms with Gasteiger partial charge in [-0.1, -0.05) is 25.1 Å². The molecule has 7 heteroatoms. The van der Waals surface area contributed by atoms with E-state index in [1.165, 1.54) is 0 Å². The minimum Gasteiger partial charge on any atom is -0.356 e. The number of hydrogen-bond acceptors (Lipinski definition) is 5. The highest BCUT2D eigenvalue weighted by Gasteiger charge is 2.07. The number of para-hydroxylation sites is 1. The van der Waals surface area contributed by atoms with Crippen LogP contribution in [0.2, 0.25) is 0 Å². The van der Waals surface area contributed by atoms with Crippen LogP contribution >= 0.6 is 0 Å². The van der Waals surface area contributed by atoms with Crippen LogP contribution < -0.4 is 10.6 Å². The Kier molecular flexibility index (Phi) is 5.83. The van der Waals surface area contributed by atoms with E-state index in [0.717, 1.165) is 24.5 Å². The molecule has 0 aliphatic heterocycles. The number of carbonyl (C=O) groups is 1. The van der Waals surface area contributed by atoms with Crippen LogP contribution in [0.4, 0.5) is 0 Å². The van der Waals surface area contributed by atoms with E-state index in [-0.39, 0.29) is 5.91 Å². The average molecular weight is 288 g/mol. The Balaban J connectivity index is 1.80. The van der Waals surface area contributed by atoms with Gasteiger partial charge in [0.1, 0.15) is 0 Å². The lowest BCUT2D eigenvalue weighted by Gasteiger charge is -2.06. The molecule has 112 valence electrons. The molecule has 21 heavy (non-hydrogen) atoms. The zero-order valence-electron chi connectivity index (χ0n) is 12.1. The van der Waals surface area contributed by atoms with Gasteiger partial charge in [-0.2, -0.15) is 4.68 Å². The largest absolute Gasteiger partial charge is 0.356 e. The molecule has 1 aromatic heterocycles. The van der Waals surface area contributed by atoms with Gasteiger partial charge in [-0.25, -0.2) is 0 Å². The van der Waals surface area contributed by atoms with Crippen LogP contribution in [-0.2, 0) is 11.3 Å². The summed E-state index contributed by atoms with van der Waals surface area (Å²) in [6.07, 6.45) is 1.40. The number of tetrazole rings is 1. The first-order valence-electron chi connectivity index (χ1n) is 7.11. The molecule has 0 unspecified atom stereocenters. The van der Waals surface area contributed by atoms with Crippen molar-refractivity contribution < 1.29 is 4.79 Å². The number of benzene rings is 1. The van der Waals surface area contributed by atoms with Crippen LogP contribution in [0.25, 0.3) is 5.69 Å². The molecule has 1 amide bonds. The summed E-state index contributed by atoms with van der Waals surface area (Å²) in [5.74, 6) is 0.780. The number of nitrogens with zero attached hydrogens (tertiary/aromatic N) is 4. The van der Waals surface area contributed by atoms with Gasteiger partial charge in [-0.3, -0.25) is 4.79 Å². The standard InChI is InChI=1S/C14H20N6O/c1-2-9-16-14(21)8-10-15-11-13-17-18-19-20(13)12-6-4-3-5-7-12/h3-7,15H,2,8-11H2,1H3,(H,16,21). The van der Waals surface area contributed by atoms with Crippen LogP contribution in [-0.4, -0.2) is 39.2 Å². The van der Waals surface area contributed by atoms with Gasteiger partial charge in [0.15, 0.2) is 5.82 Å². The summed E-state index contributed by atoms with van der Waals surface area (Å²) in [6.45, 7) is 3.87. The number of amides is 1. The Morgan fingerprint density at radius 1 is 1.24 bits per heavy atom. The van der Waals surface area contributed by atoms with Crippen LogP contribution in [0, 0.1) is 0 Å². The molecule has 0 saturated heterocycles. The van der Waals surface area contributed by atoms with Gasteiger partial charge in [0.05, 0.1) is 12.2 Å². The van der Waals surface area contributed by atoms with Gasteiger partial charge >= 0.3 is 0 Å². The van der Waals surface area contributed by atoms with E-state index in [4.69, 9.17) is 0 Å². The molecule has 2 rings (SSSR count). The highest BCUT2D eigenvalue weighted by atomic mass is 16.1.